The Labute approximate surface area is 157 Å². The highest BCUT2D eigenvalue weighted by molar-refractivity contribution is 5.68. The van der Waals surface area contributed by atoms with Crippen LogP contribution in [0.2, 0.25) is 0 Å². The molecule has 4 rings (SSSR count). The molecule has 4 aromatic rings. The van der Waals surface area contributed by atoms with E-state index in [0.29, 0.717) is 35.5 Å². The van der Waals surface area contributed by atoms with Crippen LogP contribution in [0.25, 0.3) is 22.9 Å². The predicted molar refractivity (Wildman–Crippen MR) is 102 cm³/mol. The lowest BCUT2D eigenvalue weighted by molar-refractivity contribution is 0.285. The second-order valence-electron chi connectivity index (χ2n) is 5.89. The fraction of sp³-hybridized carbons (Fsp3) is 0.0909. The van der Waals surface area contributed by atoms with Gasteiger partial charge >= 0.3 is 0 Å². The van der Waals surface area contributed by atoms with E-state index < -0.39 is 0 Å². The molecule has 0 amide bonds. The topological polar surface area (TPSA) is 57.4 Å². The number of hydrogen-bond acceptors (Lipinski definition) is 5. The van der Waals surface area contributed by atoms with E-state index in [1.54, 1.807) is 7.11 Å². The smallest absolute Gasteiger partial charge is 0.252 e. The van der Waals surface area contributed by atoms with Crippen LogP contribution in [0.3, 0.4) is 0 Å². The van der Waals surface area contributed by atoms with Crippen LogP contribution in [0.4, 0.5) is 0 Å². The van der Waals surface area contributed by atoms with Crippen LogP contribution in [0, 0.1) is 0 Å². The van der Waals surface area contributed by atoms with Gasteiger partial charge in [0, 0.05) is 5.56 Å². The number of benzene rings is 3. The minimum atomic E-state index is 0.385. The second kappa shape index (κ2) is 7.74. The molecule has 0 bridgehead atoms. The Kier molecular flexibility index (Phi) is 4.83. The molecule has 0 aliphatic rings. The first kappa shape index (κ1) is 16.8. The summed E-state index contributed by atoms with van der Waals surface area (Å²) in [6.45, 7) is 0.411. The summed E-state index contributed by atoms with van der Waals surface area (Å²) in [5, 5.41) is 8.37. The molecule has 0 aliphatic carbocycles. The minimum absolute atomic E-state index is 0.385. The maximum atomic E-state index is 6.06. The van der Waals surface area contributed by atoms with Crippen LogP contribution >= 0.6 is 0 Å². The summed E-state index contributed by atoms with van der Waals surface area (Å²) in [6.07, 6.45) is 0. The van der Waals surface area contributed by atoms with Gasteiger partial charge in [-0.1, -0.05) is 54.6 Å². The standard InChI is InChI=1S/C22H18N2O3/c1-25-19-14-8-13-18(20(19)26-15-16-9-4-2-5-10-16)22-24-23-21(27-22)17-11-6-3-7-12-17/h2-14H,15H2,1H3. The molecule has 5 nitrogen and oxygen atoms in total. The zero-order valence-electron chi connectivity index (χ0n) is 14.8. The van der Waals surface area contributed by atoms with Gasteiger partial charge in [0.2, 0.25) is 5.89 Å². The van der Waals surface area contributed by atoms with Gasteiger partial charge in [0.1, 0.15) is 6.61 Å². The number of ether oxygens (including phenoxy) is 2. The van der Waals surface area contributed by atoms with Gasteiger partial charge in [-0.3, -0.25) is 0 Å². The first-order chi connectivity index (χ1) is 13.3. The molecule has 0 aliphatic heterocycles. The molecule has 0 saturated heterocycles. The van der Waals surface area contributed by atoms with Crippen LogP contribution in [0.15, 0.2) is 83.3 Å². The maximum absolute atomic E-state index is 6.06. The largest absolute Gasteiger partial charge is 0.493 e. The number of rotatable bonds is 6. The molecular formula is C22H18N2O3. The molecule has 3 aromatic carbocycles. The van der Waals surface area contributed by atoms with Crippen molar-refractivity contribution in [3.05, 3.63) is 84.4 Å². The summed E-state index contributed by atoms with van der Waals surface area (Å²) < 4.78 is 17.4. The monoisotopic (exact) mass is 358 g/mol. The normalized spacial score (nSPS) is 10.6. The molecule has 5 heteroatoms. The molecule has 0 fully saturated rings. The summed E-state index contributed by atoms with van der Waals surface area (Å²) in [5.41, 5.74) is 2.62. The SMILES string of the molecule is COc1cccc(-c2nnc(-c3ccccc3)o2)c1OCc1ccccc1. The number of para-hydroxylation sites is 1. The van der Waals surface area contributed by atoms with Crippen molar-refractivity contribution in [2.75, 3.05) is 7.11 Å². The lowest BCUT2D eigenvalue weighted by atomic mass is 10.1. The zero-order chi connectivity index (χ0) is 18.5. The number of nitrogens with zero attached hydrogens (tertiary/aromatic N) is 2. The highest BCUT2D eigenvalue weighted by atomic mass is 16.5. The number of methoxy groups -OCH3 is 1. The summed E-state index contributed by atoms with van der Waals surface area (Å²) in [7, 11) is 1.61. The predicted octanol–water partition coefficient (Wildman–Crippen LogP) is 4.99. The Balaban J connectivity index is 1.67. The molecule has 0 N–H and O–H groups in total. The molecule has 27 heavy (non-hydrogen) atoms. The molecule has 1 aromatic heterocycles. The molecule has 0 unspecified atom stereocenters. The molecule has 1 heterocycles. The average Bonchev–Trinajstić information content (AvgIpc) is 3.23. The van der Waals surface area contributed by atoms with Crippen LogP contribution in [0.1, 0.15) is 5.56 Å². The minimum Gasteiger partial charge on any atom is -0.493 e. The molecule has 0 atom stereocenters. The summed E-state index contributed by atoms with van der Waals surface area (Å²) in [4.78, 5) is 0. The van der Waals surface area contributed by atoms with Gasteiger partial charge in [0.15, 0.2) is 11.5 Å². The molecule has 0 saturated carbocycles. The van der Waals surface area contributed by atoms with Crippen molar-refractivity contribution >= 4 is 0 Å². The third kappa shape index (κ3) is 3.67. The molecule has 0 spiro atoms. The number of aromatic nitrogens is 2. The van der Waals surface area contributed by atoms with Gasteiger partial charge in [-0.2, -0.15) is 0 Å². The second-order valence-corrected chi connectivity index (χ2v) is 5.89. The summed E-state index contributed by atoms with van der Waals surface area (Å²) in [5.74, 6) is 2.04. The van der Waals surface area contributed by atoms with Gasteiger partial charge < -0.3 is 13.9 Å². The Morgan fingerprint density at radius 2 is 1.48 bits per heavy atom. The van der Waals surface area contributed by atoms with Gasteiger partial charge in [-0.25, -0.2) is 0 Å². The van der Waals surface area contributed by atoms with E-state index in [1.165, 1.54) is 0 Å². The van der Waals surface area contributed by atoms with Crippen molar-refractivity contribution in [3.8, 4) is 34.4 Å². The van der Waals surface area contributed by atoms with Crippen molar-refractivity contribution < 1.29 is 13.9 Å². The van der Waals surface area contributed by atoms with Gasteiger partial charge in [-0.05, 0) is 29.8 Å². The Morgan fingerprint density at radius 1 is 0.778 bits per heavy atom. The van der Waals surface area contributed by atoms with Crippen LogP contribution < -0.4 is 9.47 Å². The first-order valence-corrected chi connectivity index (χ1v) is 8.58. The van der Waals surface area contributed by atoms with Crippen LogP contribution in [0.5, 0.6) is 11.5 Å². The fourth-order valence-corrected chi connectivity index (χ4v) is 2.75. The summed E-state index contributed by atoms with van der Waals surface area (Å²) in [6, 6.07) is 25.2. The maximum Gasteiger partial charge on any atom is 0.252 e. The highest BCUT2D eigenvalue weighted by Gasteiger charge is 2.18. The van der Waals surface area contributed by atoms with E-state index in [0.717, 1.165) is 11.1 Å². The Morgan fingerprint density at radius 3 is 2.22 bits per heavy atom. The Bertz CT molecular complexity index is 1010. The molecule has 0 radical (unpaired) electrons. The average molecular weight is 358 g/mol. The third-order valence-electron chi connectivity index (χ3n) is 4.10. The van der Waals surface area contributed by atoms with Crippen LogP contribution in [-0.2, 0) is 6.61 Å². The van der Waals surface area contributed by atoms with E-state index in [1.807, 2.05) is 78.9 Å². The number of hydrogen-bond donors (Lipinski definition) is 0. The molecule has 134 valence electrons. The van der Waals surface area contributed by atoms with E-state index in [9.17, 15) is 0 Å². The zero-order valence-corrected chi connectivity index (χ0v) is 14.8. The van der Waals surface area contributed by atoms with Crippen molar-refractivity contribution in [2.45, 2.75) is 6.61 Å². The van der Waals surface area contributed by atoms with Gasteiger partial charge in [-0.15, -0.1) is 10.2 Å². The lowest BCUT2D eigenvalue weighted by Crippen LogP contribution is -1.99. The van der Waals surface area contributed by atoms with E-state index >= 15 is 0 Å². The Hall–Kier alpha value is -3.60. The summed E-state index contributed by atoms with van der Waals surface area (Å²) >= 11 is 0. The lowest BCUT2D eigenvalue weighted by Gasteiger charge is -2.13. The van der Waals surface area contributed by atoms with Gasteiger partial charge in [0.05, 0.1) is 12.7 Å². The van der Waals surface area contributed by atoms with E-state index in [4.69, 9.17) is 13.9 Å². The van der Waals surface area contributed by atoms with Crippen molar-refractivity contribution in [2.24, 2.45) is 0 Å². The van der Waals surface area contributed by atoms with Gasteiger partial charge in [0.25, 0.3) is 5.89 Å². The van der Waals surface area contributed by atoms with Crippen molar-refractivity contribution in [1.29, 1.82) is 0 Å². The molecular weight excluding hydrogens is 340 g/mol. The van der Waals surface area contributed by atoms with E-state index in [2.05, 4.69) is 10.2 Å². The quantitative estimate of drug-likeness (QED) is 0.486. The van der Waals surface area contributed by atoms with Crippen molar-refractivity contribution in [1.82, 2.24) is 10.2 Å². The first-order valence-electron chi connectivity index (χ1n) is 8.58. The van der Waals surface area contributed by atoms with E-state index in [-0.39, 0.29) is 0 Å². The third-order valence-corrected chi connectivity index (χ3v) is 4.10. The van der Waals surface area contributed by atoms with Crippen LogP contribution in [-0.4, -0.2) is 17.3 Å². The highest BCUT2D eigenvalue weighted by Crippen LogP contribution is 2.38. The fourth-order valence-electron chi connectivity index (χ4n) is 2.75. The van der Waals surface area contributed by atoms with Crippen molar-refractivity contribution in [3.63, 3.8) is 0 Å².